The number of aromatic nitrogens is 3. The zero-order valence-electron chi connectivity index (χ0n) is 64.9. The van der Waals surface area contributed by atoms with Crippen molar-refractivity contribution in [2.45, 2.75) is 0 Å². The molecule has 410 valence electrons. The molecule has 20 rings (SSSR count). The fraction of sp³-hybridized carbons (Fsp3) is 0. The summed E-state index contributed by atoms with van der Waals surface area (Å²) in [6.07, 6.45) is 0. The molecule has 2 aliphatic heterocycles. The molecule has 0 saturated carbocycles. The summed E-state index contributed by atoms with van der Waals surface area (Å²) in [6, 6.07) is 57.5. The van der Waals surface area contributed by atoms with Crippen LogP contribution in [0.3, 0.4) is 0 Å². The molecular weight excluding hydrogens is 1080 g/mol. The third-order valence-electron chi connectivity index (χ3n) is 18.6. The molecule has 0 fully saturated rings. The number of benzene rings is 14. The minimum absolute atomic E-state index is 0.0299. The normalized spacial score (nSPS) is 15.5. The summed E-state index contributed by atoms with van der Waals surface area (Å²) in [5.41, 5.74) is 10.9. The standard InChI is InChI=1S/C84H51BN4/c1-4-21-52(22-5-1)55-39-43-58(44-40-55)87-77-48-57(54-25-8-3-9-26-54)41-45-71(77)85-72-50-59(86-73-36-17-15-32-65(73)66-33-16-18-37-74(66)86)49-70-69-47-56(53-23-6-2-7-24-53)42-46-76(69)89(83(70)72)79-51-78-80(84(87)81(79)85)68-35-20-34-67-63-30-13-11-28-61(63)60-27-10-12-29-62(60)64-31-14-19-38-75(64)88(78)82(67)68/h1-51H/i2D,3D,6D,7D,8D,9D,15D,16D,17D,18D,23D,24D,25D,26D,32D,33D,36D,37D. The van der Waals surface area contributed by atoms with E-state index in [-0.39, 0.29) is 44.2 Å². The van der Waals surface area contributed by atoms with Gasteiger partial charge in [-0.3, -0.25) is 0 Å². The largest absolute Gasteiger partial charge is 0.311 e. The fourth-order valence-electron chi connectivity index (χ4n) is 15.0. The van der Waals surface area contributed by atoms with Crippen LogP contribution in [0.15, 0.2) is 309 Å². The Bertz CT molecular complexity index is 7120. The van der Waals surface area contributed by atoms with Crippen LogP contribution in [-0.2, 0) is 0 Å². The number of nitrogens with zero attached hydrogens (tertiary/aromatic N) is 4. The molecule has 2 aliphatic rings. The van der Waals surface area contributed by atoms with E-state index in [1.54, 1.807) is 18.2 Å². The average Bonchev–Trinajstić information content (AvgIpc) is 1.57. The molecule has 0 spiro atoms. The van der Waals surface area contributed by atoms with Crippen LogP contribution in [-0.4, -0.2) is 20.2 Å². The number of hydrogen-bond donors (Lipinski definition) is 0. The Kier molecular flexibility index (Phi) is 7.14. The van der Waals surface area contributed by atoms with Gasteiger partial charge in [-0.25, -0.2) is 0 Å². The first-order valence-corrected chi connectivity index (χ1v) is 29.5. The maximum atomic E-state index is 9.81. The lowest BCUT2D eigenvalue weighted by atomic mass is 9.33. The summed E-state index contributed by atoms with van der Waals surface area (Å²) < 4.78 is 172. The first-order valence-electron chi connectivity index (χ1n) is 38.5. The maximum absolute atomic E-state index is 9.81. The SMILES string of the molecule is [2H]c1c([2H])c([2H])c(-c2ccc3c(c2)N(c2ccc(-c4ccccc4)cc2)c2c4c(cc5c2c2cccc6c7ccccc7c7ccccc7c7ccccc7n5c62)-n2c5ccc(-c6c([2H])c([2H])c([2H])c([2H])c6[2H])cc5c5cc(-n6c7c([2H])c([2H])c([2H])c([2H])c7c7c([2H])c([2H])c([2H])c([2H])c76)cc(c52)B34)c([2H])c1[2H]. The van der Waals surface area contributed by atoms with Gasteiger partial charge in [0.1, 0.15) is 0 Å². The second kappa shape index (κ2) is 18.4. The number of hydrogen-bond acceptors (Lipinski definition) is 1. The van der Waals surface area contributed by atoms with Crippen LogP contribution < -0.4 is 21.3 Å². The smallest absolute Gasteiger partial charge is 0.252 e. The molecule has 0 radical (unpaired) electrons. The van der Waals surface area contributed by atoms with Crippen LogP contribution in [0.5, 0.6) is 0 Å². The first kappa shape index (κ1) is 34.5. The molecule has 0 atom stereocenters. The van der Waals surface area contributed by atoms with E-state index < -0.39 is 115 Å². The minimum atomic E-state index is -0.871. The molecular formula is C84H51BN4. The second-order valence-corrected chi connectivity index (χ2v) is 22.9. The number of para-hydroxylation sites is 4. The summed E-state index contributed by atoms with van der Waals surface area (Å²) in [5.74, 6) is 0. The molecule has 5 heteroatoms. The molecule has 89 heavy (non-hydrogen) atoms. The Morgan fingerprint density at radius 1 is 0.281 bits per heavy atom. The van der Waals surface area contributed by atoms with Gasteiger partial charge in [0, 0.05) is 71.4 Å². The van der Waals surface area contributed by atoms with Crippen molar-refractivity contribution < 1.29 is 24.7 Å². The van der Waals surface area contributed by atoms with Crippen LogP contribution in [0, 0.1) is 0 Å². The van der Waals surface area contributed by atoms with Gasteiger partial charge in [-0.15, -0.1) is 0 Å². The summed E-state index contributed by atoms with van der Waals surface area (Å²) in [4.78, 5) is 2.21. The van der Waals surface area contributed by atoms with Gasteiger partial charge >= 0.3 is 0 Å². The second-order valence-electron chi connectivity index (χ2n) is 22.9. The van der Waals surface area contributed by atoms with E-state index >= 15 is 0 Å². The van der Waals surface area contributed by atoms with E-state index in [2.05, 4.69) is 123 Å². The predicted molar refractivity (Wildman–Crippen MR) is 378 cm³/mol. The lowest BCUT2D eigenvalue weighted by Gasteiger charge is -2.41. The van der Waals surface area contributed by atoms with Crippen LogP contribution >= 0.6 is 0 Å². The third-order valence-corrected chi connectivity index (χ3v) is 18.6. The summed E-state index contributed by atoms with van der Waals surface area (Å²) in [5, 5.41) is 8.35. The molecule has 6 heterocycles. The van der Waals surface area contributed by atoms with Gasteiger partial charge < -0.3 is 18.4 Å². The van der Waals surface area contributed by atoms with Gasteiger partial charge in [0.15, 0.2) is 0 Å². The van der Waals surface area contributed by atoms with E-state index in [0.29, 0.717) is 61.0 Å². The molecule has 0 bridgehead atoms. The van der Waals surface area contributed by atoms with Crippen LogP contribution in [0.4, 0.5) is 17.1 Å². The zero-order chi connectivity index (χ0) is 73.7. The van der Waals surface area contributed by atoms with Gasteiger partial charge in [-0.2, -0.15) is 0 Å². The van der Waals surface area contributed by atoms with Gasteiger partial charge in [-0.05, 0) is 138 Å². The Morgan fingerprint density at radius 3 is 1.55 bits per heavy atom. The quantitative estimate of drug-likeness (QED) is 0.157. The minimum Gasteiger partial charge on any atom is -0.311 e. The zero-order valence-corrected chi connectivity index (χ0v) is 46.9. The van der Waals surface area contributed by atoms with Gasteiger partial charge in [0.2, 0.25) is 0 Å². The van der Waals surface area contributed by atoms with Gasteiger partial charge in [-0.1, -0.05) is 242 Å². The number of anilines is 3. The fourth-order valence-corrected chi connectivity index (χ4v) is 15.0. The van der Waals surface area contributed by atoms with Crippen molar-refractivity contribution in [2.75, 3.05) is 4.90 Å². The van der Waals surface area contributed by atoms with E-state index in [4.69, 9.17) is 11.0 Å². The molecule has 0 aliphatic carbocycles. The topological polar surface area (TPSA) is 17.5 Å². The van der Waals surface area contributed by atoms with Crippen molar-refractivity contribution in [3.05, 3.63) is 309 Å². The Labute approximate surface area is 538 Å². The Morgan fingerprint density at radius 2 is 0.843 bits per heavy atom. The van der Waals surface area contributed by atoms with Gasteiger partial charge in [0.05, 0.1) is 63.5 Å². The highest BCUT2D eigenvalue weighted by molar-refractivity contribution is 7.00. The van der Waals surface area contributed by atoms with Crippen LogP contribution in [0.1, 0.15) is 24.7 Å². The molecule has 4 aromatic heterocycles. The number of fused-ring (bicyclic) bond motifs is 21. The molecule has 0 N–H and O–H groups in total. The Balaban J connectivity index is 1.04. The van der Waals surface area contributed by atoms with Crippen molar-refractivity contribution in [1.29, 1.82) is 0 Å². The molecule has 0 amide bonds. The van der Waals surface area contributed by atoms with Crippen molar-refractivity contribution >= 4 is 143 Å². The molecule has 4 nitrogen and oxygen atoms in total. The van der Waals surface area contributed by atoms with E-state index in [9.17, 15) is 13.7 Å². The predicted octanol–water partition coefficient (Wildman–Crippen LogP) is 20.1. The third kappa shape index (κ3) is 6.79. The van der Waals surface area contributed by atoms with Crippen LogP contribution in [0.25, 0.3) is 148 Å². The lowest BCUT2D eigenvalue weighted by Crippen LogP contribution is -2.60. The average molecular weight is 1150 g/mol. The van der Waals surface area contributed by atoms with Crippen molar-refractivity contribution in [3.8, 4) is 44.8 Å². The van der Waals surface area contributed by atoms with Crippen molar-refractivity contribution in [3.63, 3.8) is 0 Å². The van der Waals surface area contributed by atoms with E-state index in [1.807, 2.05) is 72.8 Å². The monoisotopic (exact) mass is 1140 g/mol. The lowest BCUT2D eigenvalue weighted by molar-refractivity contribution is 1.17. The summed E-state index contributed by atoms with van der Waals surface area (Å²) in [6.45, 7) is -0.871. The highest BCUT2D eigenvalue weighted by Crippen LogP contribution is 2.51. The highest BCUT2D eigenvalue weighted by atomic mass is 15.2. The van der Waals surface area contributed by atoms with E-state index in [0.717, 1.165) is 76.2 Å². The molecule has 18 aromatic rings. The summed E-state index contributed by atoms with van der Waals surface area (Å²) >= 11 is 0. The molecule has 14 aromatic carbocycles. The van der Waals surface area contributed by atoms with Crippen molar-refractivity contribution in [1.82, 2.24) is 13.5 Å². The molecule has 0 saturated heterocycles. The molecule has 0 unspecified atom stereocenters. The van der Waals surface area contributed by atoms with E-state index in [1.165, 1.54) is 4.57 Å². The van der Waals surface area contributed by atoms with Gasteiger partial charge in [0.25, 0.3) is 6.71 Å². The van der Waals surface area contributed by atoms with Crippen molar-refractivity contribution in [2.24, 2.45) is 0 Å². The summed E-state index contributed by atoms with van der Waals surface area (Å²) in [7, 11) is 0. The highest BCUT2D eigenvalue weighted by Gasteiger charge is 2.44. The maximum Gasteiger partial charge on any atom is 0.252 e. The first-order chi connectivity index (χ1) is 51.7. The number of rotatable bonds is 5. The Hall–Kier alpha value is -11.7. The van der Waals surface area contributed by atoms with Crippen LogP contribution in [0.2, 0.25) is 0 Å².